The number of rotatable bonds is 5. The molecule has 84 valence electrons. The van der Waals surface area contributed by atoms with Gasteiger partial charge in [-0.3, -0.25) is 0 Å². The molecule has 0 N–H and O–H groups in total. The number of halogens is 1. The molecule has 0 aliphatic heterocycles. The van der Waals surface area contributed by atoms with Crippen LogP contribution in [-0.4, -0.2) is 27.7 Å². The molecule has 0 unspecified atom stereocenters. The number of aromatic nitrogens is 3. The van der Waals surface area contributed by atoms with Gasteiger partial charge in [-0.1, -0.05) is 6.92 Å². The summed E-state index contributed by atoms with van der Waals surface area (Å²) in [7, 11) is 0. The van der Waals surface area contributed by atoms with Gasteiger partial charge >= 0.3 is 12.0 Å². The van der Waals surface area contributed by atoms with Crippen LogP contribution >= 0.6 is 11.6 Å². The fourth-order valence-electron chi connectivity index (χ4n) is 0.836. The van der Waals surface area contributed by atoms with Gasteiger partial charge in [0, 0.05) is 0 Å². The molecule has 6 heteroatoms. The van der Waals surface area contributed by atoms with Crippen molar-refractivity contribution in [3.8, 4) is 12.0 Å². The summed E-state index contributed by atoms with van der Waals surface area (Å²) in [5.74, 6) is 0. The maximum Gasteiger partial charge on any atom is 0.324 e. The second-order valence-electron chi connectivity index (χ2n) is 3.18. The van der Waals surface area contributed by atoms with E-state index in [0.29, 0.717) is 6.61 Å². The molecule has 0 fully saturated rings. The predicted molar refractivity (Wildman–Crippen MR) is 56.4 cm³/mol. The van der Waals surface area contributed by atoms with Gasteiger partial charge in [0.1, 0.15) is 0 Å². The number of ether oxygens (including phenoxy) is 2. The highest BCUT2D eigenvalue weighted by Crippen LogP contribution is 2.14. The van der Waals surface area contributed by atoms with Crippen molar-refractivity contribution in [1.82, 2.24) is 15.0 Å². The van der Waals surface area contributed by atoms with Crippen molar-refractivity contribution in [3.63, 3.8) is 0 Å². The number of nitrogens with zero attached hydrogens (tertiary/aromatic N) is 3. The van der Waals surface area contributed by atoms with Crippen molar-refractivity contribution < 1.29 is 9.47 Å². The van der Waals surface area contributed by atoms with Gasteiger partial charge in [-0.2, -0.15) is 9.97 Å². The molecule has 0 aliphatic carbocycles. The van der Waals surface area contributed by atoms with Crippen molar-refractivity contribution in [3.05, 3.63) is 5.28 Å². The molecule has 1 aromatic rings. The Labute approximate surface area is 93.8 Å². The van der Waals surface area contributed by atoms with E-state index in [4.69, 9.17) is 21.1 Å². The first-order valence-corrected chi connectivity index (χ1v) is 5.20. The smallest absolute Gasteiger partial charge is 0.324 e. The lowest BCUT2D eigenvalue weighted by Crippen LogP contribution is -2.10. The van der Waals surface area contributed by atoms with Gasteiger partial charge in [-0.05, 0) is 31.9 Å². The third-order valence-corrected chi connectivity index (χ3v) is 1.51. The second-order valence-corrected chi connectivity index (χ2v) is 3.52. The Morgan fingerprint density at radius 3 is 2.47 bits per heavy atom. The lowest BCUT2D eigenvalue weighted by Gasteiger charge is -2.08. The predicted octanol–water partition coefficient (Wildman–Crippen LogP) is 2.10. The van der Waals surface area contributed by atoms with Crippen LogP contribution in [0.3, 0.4) is 0 Å². The van der Waals surface area contributed by atoms with E-state index >= 15 is 0 Å². The van der Waals surface area contributed by atoms with E-state index in [-0.39, 0.29) is 23.4 Å². The fraction of sp³-hybridized carbons (Fsp3) is 0.667. The minimum Gasteiger partial charge on any atom is -0.463 e. The molecule has 0 atom stereocenters. The largest absolute Gasteiger partial charge is 0.463 e. The van der Waals surface area contributed by atoms with Gasteiger partial charge in [0.05, 0.1) is 12.7 Å². The van der Waals surface area contributed by atoms with Crippen LogP contribution in [0.2, 0.25) is 5.28 Å². The van der Waals surface area contributed by atoms with Crippen LogP contribution in [0.5, 0.6) is 12.0 Å². The third kappa shape index (κ3) is 4.29. The standard InChI is InChI=1S/C9H14ClN3O2/c1-4-5-14-8-11-7(10)12-9(13-8)15-6(2)3/h6H,4-5H2,1-3H3. The molecule has 1 rings (SSSR count). The van der Waals surface area contributed by atoms with Crippen LogP contribution < -0.4 is 9.47 Å². The summed E-state index contributed by atoms with van der Waals surface area (Å²) in [5, 5.41) is 0.0757. The van der Waals surface area contributed by atoms with Crippen molar-refractivity contribution in [1.29, 1.82) is 0 Å². The van der Waals surface area contributed by atoms with Crippen molar-refractivity contribution in [2.24, 2.45) is 0 Å². The van der Waals surface area contributed by atoms with Crippen molar-refractivity contribution in [2.45, 2.75) is 33.3 Å². The Morgan fingerprint density at radius 1 is 1.20 bits per heavy atom. The van der Waals surface area contributed by atoms with Crippen molar-refractivity contribution in [2.75, 3.05) is 6.61 Å². The quantitative estimate of drug-likeness (QED) is 0.777. The average Bonchev–Trinajstić information content (AvgIpc) is 2.12. The summed E-state index contributed by atoms with van der Waals surface area (Å²) in [6.07, 6.45) is 0.867. The first-order chi connectivity index (χ1) is 7.11. The van der Waals surface area contributed by atoms with Crippen LogP contribution in [0.25, 0.3) is 0 Å². The first kappa shape index (κ1) is 12.0. The molecular formula is C9H14ClN3O2. The van der Waals surface area contributed by atoms with E-state index in [2.05, 4.69) is 15.0 Å². The molecule has 0 saturated heterocycles. The lowest BCUT2D eigenvalue weighted by molar-refractivity contribution is 0.212. The Morgan fingerprint density at radius 2 is 1.87 bits per heavy atom. The Balaban J connectivity index is 2.75. The normalized spacial score (nSPS) is 10.5. The molecule has 0 aliphatic rings. The zero-order valence-electron chi connectivity index (χ0n) is 9.03. The molecule has 1 heterocycles. The summed E-state index contributed by atoms with van der Waals surface area (Å²) in [5.41, 5.74) is 0. The Hall–Kier alpha value is -1.10. The lowest BCUT2D eigenvalue weighted by atomic mass is 10.5. The van der Waals surface area contributed by atoms with Crippen LogP contribution in [0.4, 0.5) is 0 Å². The molecule has 15 heavy (non-hydrogen) atoms. The average molecular weight is 232 g/mol. The first-order valence-electron chi connectivity index (χ1n) is 4.83. The third-order valence-electron chi connectivity index (χ3n) is 1.34. The summed E-state index contributed by atoms with van der Waals surface area (Å²) in [4.78, 5) is 11.6. The molecule has 0 spiro atoms. The number of hydrogen-bond donors (Lipinski definition) is 0. The summed E-state index contributed by atoms with van der Waals surface area (Å²) in [6, 6.07) is 0.392. The minimum absolute atomic E-state index is 0.0116. The van der Waals surface area contributed by atoms with E-state index in [1.54, 1.807) is 0 Å². The maximum atomic E-state index is 5.69. The highest BCUT2D eigenvalue weighted by atomic mass is 35.5. The zero-order chi connectivity index (χ0) is 11.3. The second kappa shape index (κ2) is 5.70. The number of hydrogen-bond acceptors (Lipinski definition) is 5. The molecule has 0 radical (unpaired) electrons. The highest BCUT2D eigenvalue weighted by molar-refractivity contribution is 6.28. The summed E-state index contributed by atoms with van der Waals surface area (Å²) in [6.45, 7) is 6.30. The van der Waals surface area contributed by atoms with E-state index in [1.165, 1.54) is 0 Å². The van der Waals surface area contributed by atoms with E-state index in [9.17, 15) is 0 Å². The Bertz CT molecular complexity index is 320. The van der Waals surface area contributed by atoms with Gasteiger partial charge in [-0.25, -0.2) is 0 Å². The molecule has 0 saturated carbocycles. The SMILES string of the molecule is CCCOc1nc(Cl)nc(OC(C)C)n1. The summed E-state index contributed by atoms with van der Waals surface area (Å²) < 4.78 is 10.5. The van der Waals surface area contributed by atoms with Gasteiger partial charge in [0.2, 0.25) is 5.28 Å². The Kier molecular flexibility index (Phi) is 4.55. The highest BCUT2D eigenvalue weighted by Gasteiger charge is 2.08. The monoisotopic (exact) mass is 231 g/mol. The molecule has 5 nitrogen and oxygen atoms in total. The van der Waals surface area contributed by atoms with Gasteiger partial charge in [0.25, 0.3) is 0 Å². The maximum absolute atomic E-state index is 5.69. The molecule has 0 amide bonds. The van der Waals surface area contributed by atoms with Gasteiger partial charge in [0.15, 0.2) is 0 Å². The fourth-order valence-corrected chi connectivity index (χ4v) is 0.981. The minimum atomic E-state index is -0.0116. The van der Waals surface area contributed by atoms with E-state index < -0.39 is 0 Å². The van der Waals surface area contributed by atoms with Crippen LogP contribution in [0.15, 0.2) is 0 Å². The van der Waals surface area contributed by atoms with E-state index in [0.717, 1.165) is 6.42 Å². The van der Waals surface area contributed by atoms with Gasteiger partial charge < -0.3 is 9.47 Å². The molecule has 0 aromatic carbocycles. The zero-order valence-corrected chi connectivity index (χ0v) is 9.78. The van der Waals surface area contributed by atoms with Crippen LogP contribution in [0.1, 0.15) is 27.2 Å². The molecular weight excluding hydrogens is 218 g/mol. The van der Waals surface area contributed by atoms with Crippen LogP contribution in [-0.2, 0) is 0 Å². The molecule has 1 aromatic heterocycles. The van der Waals surface area contributed by atoms with E-state index in [1.807, 2.05) is 20.8 Å². The van der Waals surface area contributed by atoms with Crippen molar-refractivity contribution >= 4 is 11.6 Å². The summed E-state index contributed by atoms with van der Waals surface area (Å²) >= 11 is 5.69. The van der Waals surface area contributed by atoms with Crippen LogP contribution in [0, 0.1) is 0 Å². The molecule has 0 bridgehead atoms. The topological polar surface area (TPSA) is 57.1 Å². The van der Waals surface area contributed by atoms with Gasteiger partial charge in [-0.15, -0.1) is 4.98 Å².